The van der Waals surface area contributed by atoms with Gasteiger partial charge in [-0.1, -0.05) is 82.4 Å². The zero-order valence-electron chi connectivity index (χ0n) is 21.8. The maximum absolute atomic E-state index is 12.7. The van der Waals surface area contributed by atoms with Crippen molar-refractivity contribution in [1.82, 2.24) is 9.97 Å². The van der Waals surface area contributed by atoms with Gasteiger partial charge in [-0.05, 0) is 29.8 Å². The van der Waals surface area contributed by atoms with Crippen LogP contribution in [0, 0.1) is 0 Å². The van der Waals surface area contributed by atoms with Gasteiger partial charge in [0.05, 0.1) is 43.3 Å². The molecule has 0 bridgehead atoms. The van der Waals surface area contributed by atoms with Gasteiger partial charge in [0.1, 0.15) is 0 Å². The molecular formula is C28H22Cl4N6O3S. The lowest BCUT2D eigenvalue weighted by Gasteiger charge is -2.15. The number of rotatable bonds is 9. The number of guanidine groups is 1. The van der Waals surface area contributed by atoms with Crippen molar-refractivity contribution in [1.29, 1.82) is 0 Å². The molecule has 0 spiro atoms. The molecule has 1 atom stereocenters. The van der Waals surface area contributed by atoms with Crippen LogP contribution in [0.4, 0.5) is 11.4 Å². The molecule has 1 amide bonds. The molecule has 4 rings (SSSR count). The normalized spacial score (nSPS) is 12.0. The molecule has 0 unspecified atom stereocenters. The molecule has 0 aliphatic rings. The predicted octanol–water partition coefficient (Wildman–Crippen LogP) is 7.00. The summed E-state index contributed by atoms with van der Waals surface area (Å²) in [6.45, 7) is 0. The van der Waals surface area contributed by atoms with E-state index in [4.69, 9.17) is 56.9 Å². The van der Waals surface area contributed by atoms with Gasteiger partial charge in [0.15, 0.2) is 12.0 Å². The van der Waals surface area contributed by atoms with Crippen LogP contribution >= 0.6 is 58.2 Å². The smallest absolute Gasteiger partial charge is 0.331 e. The summed E-state index contributed by atoms with van der Waals surface area (Å²) in [5.74, 6) is -1.06. The number of benzene rings is 2. The number of nitrogens with two attached hydrogens (primary N) is 1. The summed E-state index contributed by atoms with van der Waals surface area (Å²) < 4.78 is 4.96. The monoisotopic (exact) mass is 662 g/mol. The van der Waals surface area contributed by atoms with Gasteiger partial charge in [-0.15, -0.1) is 0 Å². The molecule has 42 heavy (non-hydrogen) atoms. The van der Waals surface area contributed by atoms with E-state index in [1.807, 2.05) is 18.2 Å². The minimum atomic E-state index is -0.943. The molecule has 216 valence electrons. The van der Waals surface area contributed by atoms with E-state index in [1.54, 1.807) is 30.3 Å². The first-order valence-corrected chi connectivity index (χ1v) is 14.4. The number of para-hydroxylation sites is 1. The van der Waals surface area contributed by atoms with Gasteiger partial charge in [0, 0.05) is 41.8 Å². The zero-order chi connectivity index (χ0) is 30.2. The average molecular weight is 664 g/mol. The number of nitrogens with one attached hydrogen (secondary N) is 2. The highest BCUT2D eigenvalue weighted by Crippen LogP contribution is 2.40. The van der Waals surface area contributed by atoms with Gasteiger partial charge in [-0.2, -0.15) is 0 Å². The van der Waals surface area contributed by atoms with Crippen LogP contribution in [0.25, 0.3) is 0 Å². The molecule has 0 aliphatic carbocycles. The van der Waals surface area contributed by atoms with Crippen LogP contribution in [0.3, 0.4) is 0 Å². The summed E-state index contributed by atoms with van der Waals surface area (Å²) in [5, 5.41) is 6.86. The number of hydrogen-bond donors (Lipinski definition) is 3. The number of hydrogen-bond acceptors (Lipinski definition) is 7. The van der Waals surface area contributed by atoms with Gasteiger partial charge < -0.3 is 21.1 Å². The van der Waals surface area contributed by atoms with Gasteiger partial charge in [-0.25, -0.2) is 9.79 Å². The molecule has 0 saturated heterocycles. The lowest BCUT2D eigenvalue weighted by Crippen LogP contribution is -2.30. The highest BCUT2D eigenvalue weighted by atomic mass is 35.5. The first-order chi connectivity index (χ1) is 20.2. The van der Waals surface area contributed by atoms with E-state index < -0.39 is 17.9 Å². The Hall–Kier alpha value is -3.54. The van der Waals surface area contributed by atoms with Crippen molar-refractivity contribution >= 4 is 87.4 Å². The number of esters is 1. The second-order valence-corrected chi connectivity index (χ2v) is 11.2. The molecule has 0 radical (unpaired) electrons. The van der Waals surface area contributed by atoms with E-state index in [0.717, 1.165) is 10.5 Å². The molecule has 0 saturated carbocycles. The average Bonchev–Trinajstić information content (AvgIpc) is 2.96. The standard InChI is InChI=1S/C28H22Cl4N6O3S/c1-41-27(40)22(10-15-6-8-16(9-7-15)36-26(39)24-17(29)11-34-12-18(24)30)38-28(33)37-21-4-2-3-5-23(21)42-25-19(31)13-35-14-20(25)32/h2-9,11-14,22H,10H2,1H3,(H,36,39)(H3,33,37,38)/t22-/m0/s1. The predicted molar refractivity (Wildman–Crippen MR) is 168 cm³/mol. The third-order valence-electron chi connectivity index (χ3n) is 5.66. The number of halogens is 4. The second-order valence-electron chi connectivity index (χ2n) is 8.54. The first kappa shape index (κ1) is 31.4. The van der Waals surface area contributed by atoms with E-state index in [-0.39, 0.29) is 28.0 Å². The number of carbonyl (C=O) groups is 2. The fraction of sp³-hybridized carbons (Fsp3) is 0.107. The summed E-state index contributed by atoms with van der Waals surface area (Å²) in [6.07, 6.45) is 5.88. The minimum Gasteiger partial charge on any atom is -0.467 e. The van der Waals surface area contributed by atoms with Crippen molar-refractivity contribution in [3.05, 3.63) is 105 Å². The number of methoxy groups -OCH3 is 1. The Morgan fingerprint density at radius 2 is 1.50 bits per heavy atom. The van der Waals surface area contributed by atoms with Crippen LogP contribution in [0.2, 0.25) is 20.1 Å². The maximum Gasteiger partial charge on any atom is 0.331 e. The van der Waals surface area contributed by atoms with Crippen molar-refractivity contribution in [2.24, 2.45) is 10.7 Å². The van der Waals surface area contributed by atoms with Gasteiger partial charge in [-0.3, -0.25) is 14.8 Å². The lowest BCUT2D eigenvalue weighted by molar-refractivity contribution is -0.142. The summed E-state index contributed by atoms with van der Waals surface area (Å²) >= 11 is 26.1. The number of ether oxygens (including phenoxy) is 1. The van der Waals surface area contributed by atoms with Gasteiger partial charge in [0.2, 0.25) is 0 Å². The Morgan fingerprint density at radius 3 is 2.12 bits per heavy atom. The van der Waals surface area contributed by atoms with Crippen LogP contribution < -0.4 is 16.4 Å². The van der Waals surface area contributed by atoms with Crippen molar-refractivity contribution < 1.29 is 14.3 Å². The molecule has 9 nitrogen and oxygen atoms in total. The number of carbonyl (C=O) groups excluding carboxylic acids is 2. The van der Waals surface area contributed by atoms with Crippen LogP contribution in [-0.4, -0.2) is 41.0 Å². The molecule has 14 heteroatoms. The SMILES string of the molecule is COC(=O)[C@H](Cc1ccc(NC(=O)c2c(Cl)cncc2Cl)cc1)N=C(N)Nc1ccccc1Sc1c(Cl)cncc1Cl. The first-order valence-electron chi connectivity index (χ1n) is 12.1. The molecule has 4 aromatic rings. The third-order valence-corrected chi connectivity index (χ3v) is 8.25. The van der Waals surface area contributed by atoms with E-state index >= 15 is 0 Å². The number of amides is 1. The fourth-order valence-electron chi connectivity index (χ4n) is 3.69. The van der Waals surface area contributed by atoms with Crippen LogP contribution in [0.15, 0.2) is 88.1 Å². The number of pyridine rings is 2. The van der Waals surface area contributed by atoms with Gasteiger partial charge >= 0.3 is 5.97 Å². The zero-order valence-corrected chi connectivity index (χ0v) is 25.6. The Balaban J connectivity index is 1.47. The Kier molecular flexibility index (Phi) is 10.9. The Bertz CT molecular complexity index is 1600. The van der Waals surface area contributed by atoms with Crippen LogP contribution in [-0.2, 0) is 16.0 Å². The quantitative estimate of drug-likeness (QED) is 0.0991. The number of anilines is 2. The molecule has 2 aromatic carbocycles. The highest BCUT2D eigenvalue weighted by molar-refractivity contribution is 7.99. The lowest BCUT2D eigenvalue weighted by atomic mass is 10.1. The second kappa shape index (κ2) is 14.6. The van der Waals surface area contributed by atoms with Crippen LogP contribution in [0.1, 0.15) is 15.9 Å². The molecule has 0 fully saturated rings. The van der Waals surface area contributed by atoms with Crippen molar-refractivity contribution in [2.75, 3.05) is 17.7 Å². The Labute approximate surface area is 265 Å². The van der Waals surface area contributed by atoms with Crippen molar-refractivity contribution in [3.63, 3.8) is 0 Å². The topological polar surface area (TPSA) is 132 Å². The van der Waals surface area contributed by atoms with Crippen molar-refractivity contribution in [3.8, 4) is 0 Å². The maximum atomic E-state index is 12.7. The third kappa shape index (κ3) is 8.05. The van der Waals surface area contributed by atoms with E-state index in [0.29, 0.717) is 26.3 Å². The van der Waals surface area contributed by atoms with E-state index in [2.05, 4.69) is 25.6 Å². The summed E-state index contributed by atoms with van der Waals surface area (Å²) in [6, 6.07) is 13.3. The Morgan fingerprint density at radius 1 is 0.905 bits per heavy atom. The van der Waals surface area contributed by atoms with E-state index in [1.165, 1.54) is 43.7 Å². The fourth-order valence-corrected chi connectivity index (χ4v) is 5.72. The highest BCUT2D eigenvalue weighted by Gasteiger charge is 2.21. The molecule has 2 heterocycles. The van der Waals surface area contributed by atoms with Crippen molar-refractivity contribution in [2.45, 2.75) is 22.3 Å². The minimum absolute atomic E-state index is 0.000337. The molecular weight excluding hydrogens is 642 g/mol. The largest absolute Gasteiger partial charge is 0.467 e. The molecule has 2 aromatic heterocycles. The number of aliphatic imine (C=N–C) groups is 1. The van der Waals surface area contributed by atoms with E-state index in [9.17, 15) is 9.59 Å². The number of nitrogens with zero attached hydrogens (tertiary/aromatic N) is 3. The summed E-state index contributed by atoms with van der Waals surface area (Å²) in [7, 11) is 1.27. The molecule has 0 aliphatic heterocycles. The summed E-state index contributed by atoms with van der Waals surface area (Å²) in [4.78, 5) is 38.8. The number of aromatic nitrogens is 2. The van der Waals surface area contributed by atoms with Gasteiger partial charge in [0.25, 0.3) is 5.91 Å². The summed E-state index contributed by atoms with van der Waals surface area (Å²) in [5.41, 5.74) is 8.21. The molecule has 4 N–H and O–H groups in total. The van der Waals surface area contributed by atoms with Crippen LogP contribution in [0.5, 0.6) is 0 Å².